The van der Waals surface area contributed by atoms with E-state index in [1.54, 1.807) is 24.3 Å². The molecule has 0 atom stereocenters. The van der Waals surface area contributed by atoms with Crippen LogP contribution in [0.3, 0.4) is 0 Å². The first kappa shape index (κ1) is 24.9. The summed E-state index contributed by atoms with van der Waals surface area (Å²) in [5.74, 6) is 0.00953. The number of hydrogen-bond acceptors (Lipinski definition) is 5. The number of amides is 1. The summed E-state index contributed by atoms with van der Waals surface area (Å²) in [6, 6.07) is 14.4. The van der Waals surface area contributed by atoms with Gasteiger partial charge in [-0.2, -0.15) is 0 Å². The highest BCUT2D eigenvalue weighted by Crippen LogP contribution is 2.38. The zero-order chi connectivity index (χ0) is 26.4. The van der Waals surface area contributed by atoms with Crippen LogP contribution in [0.1, 0.15) is 0 Å². The van der Waals surface area contributed by atoms with Gasteiger partial charge in [0.2, 0.25) is 0 Å². The lowest BCUT2D eigenvalue weighted by atomic mass is 9.97. The van der Waals surface area contributed by atoms with E-state index in [2.05, 4.69) is 0 Å². The van der Waals surface area contributed by atoms with Gasteiger partial charge in [-0.15, -0.1) is 0 Å². The average molecular weight is 523 g/mol. The molecule has 2 N–H and O–H groups in total. The van der Waals surface area contributed by atoms with E-state index in [-0.39, 0.29) is 18.2 Å². The molecule has 0 saturated carbocycles. The third-order valence-electron chi connectivity index (χ3n) is 6.90. The molecular formula is C27H27ClN4O5. The molecule has 4 aromatic rings. The minimum Gasteiger partial charge on any atom is -0.508 e. The topological polar surface area (TPSA) is 108 Å². The van der Waals surface area contributed by atoms with Gasteiger partial charge in [0.15, 0.2) is 0 Å². The molecule has 37 heavy (non-hydrogen) atoms. The van der Waals surface area contributed by atoms with Crippen LogP contribution in [0.15, 0.2) is 58.1 Å². The molecule has 3 aromatic carbocycles. The summed E-state index contributed by atoms with van der Waals surface area (Å²) in [6.45, 7) is 1.66. The Balaban J connectivity index is 1.73. The van der Waals surface area contributed by atoms with Gasteiger partial charge in [0.05, 0.1) is 16.1 Å². The fourth-order valence-electron chi connectivity index (χ4n) is 4.96. The number of phenolic OH excluding ortho intramolecular Hbond substituents is 1. The number of aromatic hydroxyl groups is 1. The predicted molar refractivity (Wildman–Crippen MR) is 144 cm³/mol. The zero-order valence-corrected chi connectivity index (χ0v) is 21.3. The predicted octanol–water partition coefficient (Wildman–Crippen LogP) is 3.51. The van der Waals surface area contributed by atoms with Crippen LogP contribution in [-0.2, 0) is 13.1 Å². The van der Waals surface area contributed by atoms with Crippen molar-refractivity contribution >= 4 is 39.5 Å². The standard InChI is InChI=1S/C27H27ClN4O5/c1-29(2)7-8-31-23-11-21(20-10-18(33)9-17-5-3-4-6-19(17)20)22(28)12-24(23)32(26(35)25(31)34)15-16-13-30(14-16)27(36)37/h3-6,9-12,16,33H,7-8,13-15H2,1-2H3,(H,36,37). The molecule has 5 rings (SSSR count). The lowest BCUT2D eigenvalue weighted by Gasteiger charge is -2.37. The van der Waals surface area contributed by atoms with Gasteiger partial charge in [-0.25, -0.2) is 4.79 Å². The lowest BCUT2D eigenvalue weighted by molar-refractivity contribution is 0.0748. The Labute approximate surface area is 217 Å². The number of likely N-dealkylation sites (N-methyl/N-ethyl adjacent to an activating group) is 1. The number of nitrogens with zero attached hydrogens (tertiary/aromatic N) is 4. The van der Waals surface area contributed by atoms with E-state index < -0.39 is 17.2 Å². The second kappa shape index (κ2) is 9.57. The van der Waals surface area contributed by atoms with E-state index in [0.717, 1.165) is 10.8 Å². The summed E-state index contributed by atoms with van der Waals surface area (Å²) in [4.78, 5) is 40.9. The normalized spacial score (nSPS) is 14.0. The monoisotopic (exact) mass is 522 g/mol. The molecule has 10 heteroatoms. The van der Waals surface area contributed by atoms with Crippen LogP contribution in [-0.4, -0.2) is 69.0 Å². The minimum absolute atomic E-state index is 0.0810. The molecule has 0 bridgehead atoms. The van der Waals surface area contributed by atoms with E-state index in [0.29, 0.717) is 53.4 Å². The van der Waals surface area contributed by atoms with Gasteiger partial charge in [0, 0.05) is 44.2 Å². The number of aromatic nitrogens is 2. The average Bonchev–Trinajstić information content (AvgIpc) is 2.82. The van der Waals surface area contributed by atoms with Crippen LogP contribution in [0, 0.1) is 5.92 Å². The molecule has 1 fully saturated rings. The van der Waals surface area contributed by atoms with E-state index in [1.807, 2.05) is 43.3 Å². The van der Waals surface area contributed by atoms with Crippen molar-refractivity contribution in [2.24, 2.45) is 5.92 Å². The Morgan fingerprint density at radius 2 is 1.68 bits per heavy atom. The zero-order valence-electron chi connectivity index (χ0n) is 20.5. The Bertz CT molecular complexity index is 1650. The number of phenols is 1. The minimum atomic E-state index is -1.00. The summed E-state index contributed by atoms with van der Waals surface area (Å²) in [5.41, 5.74) is 1.10. The number of carboxylic acid groups (broad SMARTS) is 1. The molecule has 1 amide bonds. The van der Waals surface area contributed by atoms with E-state index in [9.17, 15) is 19.5 Å². The highest BCUT2D eigenvalue weighted by Gasteiger charge is 2.31. The molecule has 1 aliphatic rings. The van der Waals surface area contributed by atoms with E-state index in [1.165, 1.54) is 14.0 Å². The van der Waals surface area contributed by atoms with Crippen molar-refractivity contribution in [2.75, 3.05) is 33.7 Å². The quantitative estimate of drug-likeness (QED) is 0.375. The molecule has 0 spiro atoms. The summed E-state index contributed by atoms with van der Waals surface area (Å²) >= 11 is 6.81. The van der Waals surface area contributed by atoms with Crippen LogP contribution < -0.4 is 11.1 Å². The second-order valence-corrected chi connectivity index (χ2v) is 10.2. The van der Waals surface area contributed by atoms with Crippen molar-refractivity contribution in [1.29, 1.82) is 0 Å². The number of rotatable bonds is 6. The van der Waals surface area contributed by atoms with Crippen molar-refractivity contribution in [3.8, 4) is 16.9 Å². The van der Waals surface area contributed by atoms with Gasteiger partial charge in [0.25, 0.3) is 0 Å². The molecule has 0 radical (unpaired) electrons. The Morgan fingerprint density at radius 3 is 2.38 bits per heavy atom. The summed E-state index contributed by atoms with van der Waals surface area (Å²) < 4.78 is 2.90. The van der Waals surface area contributed by atoms with Crippen molar-refractivity contribution in [1.82, 2.24) is 18.9 Å². The van der Waals surface area contributed by atoms with Gasteiger partial charge in [-0.05, 0) is 54.7 Å². The van der Waals surface area contributed by atoms with Crippen molar-refractivity contribution in [2.45, 2.75) is 13.1 Å². The maximum absolute atomic E-state index is 13.3. The van der Waals surface area contributed by atoms with Crippen LogP contribution in [0.25, 0.3) is 32.9 Å². The largest absolute Gasteiger partial charge is 0.508 e. The maximum Gasteiger partial charge on any atom is 0.407 e. The van der Waals surface area contributed by atoms with Gasteiger partial charge in [-0.3, -0.25) is 9.59 Å². The van der Waals surface area contributed by atoms with Crippen LogP contribution in [0.2, 0.25) is 5.02 Å². The highest BCUT2D eigenvalue weighted by atomic mass is 35.5. The summed E-state index contributed by atoms with van der Waals surface area (Å²) in [7, 11) is 3.78. The summed E-state index contributed by atoms with van der Waals surface area (Å²) in [6.07, 6.45) is -1.00. The highest BCUT2D eigenvalue weighted by molar-refractivity contribution is 6.34. The van der Waals surface area contributed by atoms with Crippen LogP contribution >= 0.6 is 11.6 Å². The first-order valence-corrected chi connectivity index (χ1v) is 12.3. The first-order valence-electron chi connectivity index (χ1n) is 12.0. The van der Waals surface area contributed by atoms with Crippen LogP contribution in [0.5, 0.6) is 5.75 Å². The fraction of sp³-hybridized carbons (Fsp3) is 0.296. The third kappa shape index (κ3) is 4.56. The molecule has 1 saturated heterocycles. The number of benzene rings is 3. The van der Waals surface area contributed by atoms with E-state index in [4.69, 9.17) is 16.7 Å². The van der Waals surface area contributed by atoms with Crippen molar-refractivity contribution in [3.05, 3.63) is 74.3 Å². The molecule has 1 aliphatic heterocycles. The first-order chi connectivity index (χ1) is 17.6. The van der Waals surface area contributed by atoms with E-state index >= 15 is 0 Å². The van der Waals surface area contributed by atoms with Crippen molar-refractivity contribution in [3.63, 3.8) is 0 Å². The van der Waals surface area contributed by atoms with Crippen molar-refractivity contribution < 1.29 is 15.0 Å². The number of carbonyl (C=O) groups is 1. The SMILES string of the molecule is CN(C)CCn1c(=O)c(=O)n(CC2CN(C(=O)O)C2)c2cc(Cl)c(-c3cc(O)cc4ccccc34)cc21. The van der Waals surface area contributed by atoms with Gasteiger partial charge in [0.1, 0.15) is 5.75 Å². The molecule has 0 aliphatic carbocycles. The van der Waals surface area contributed by atoms with Gasteiger partial charge < -0.3 is 29.1 Å². The third-order valence-corrected chi connectivity index (χ3v) is 7.21. The smallest absolute Gasteiger partial charge is 0.407 e. The molecule has 1 aromatic heterocycles. The Kier molecular flexibility index (Phi) is 6.43. The number of hydrogen-bond donors (Lipinski definition) is 2. The van der Waals surface area contributed by atoms with Gasteiger partial charge in [-0.1, -0.05) is 35.9 Å². The lowest BCUT2D eigenvalue weighted by Crippen LogP contribution is -2.52. The summed E-state index contributed by atoms with van der Waals surface area (Å²) in [5, 5.41) is 21.7. The second-order valence-electron chi connectivity index (χ2n) is 9.76. The molecular weight excluding hydrogens is 496 g/mol. The number of likely N-dealkylation sites (tertiary alicyclic amines) is 1. The van der Waals surface area contributed by atoms with Gasteiger partial charge >= 0.3 is 17.2 Å². The molecule has 0 unspecified atom stereocenters. The Morgan fingerprint density at radius 1 is 1.00 bits per heavy atom. The number of fused-ring (bicyclic) bond motifs is 2. The molecule has 9 nitrogen and oxygen atoms in total. The maximum atomic E-state index is 13.3. The Hall–Kier alpha value is -3.82. The fourth-order valence-corrected chi connectivity index (χ4v) is 5.22. The number of halogens is 1. The van der Waals surface area contributed by atoms with Crippen LogP contribution in [0.4, 0.5) is 4.79 Å². The molecule has 192 valence electrons. The molecule has 2 heterocycles.